The van der Waals surface area contributed by atoms with Gasteiger partial charge < -0.3 is 19.5 Å². The molecule has 14 heteroatoms. The largest absolute Gasteiger partial charge is 0.490 e. The van der Waals surface area contributed by atoms with Crippen LogP contribution in [0.4, 0.5) is 5.69 Å². The Balaban J connectivity index is 1.98. The lowest BCUT2D eigenvalue weighted by atomic mass is 10.0. The molecule has 0 spiro atoms. The molecule has 2 aromatic carbocycles. The summed E-state index contributed by atoms with van der Waals surface area (Å²) in [5.74, 6) is -0.520. The highest BCUT2D eigenvalue weighted by atomic mass is 35.5. The average Bonchev–Trinajstić information content (AvgIpc) is 2.93. The van der Waals surface area contributed by atoms with Crippen LogP contribution in [-0.4, -0.2) is 94.9 Å². The van der Waals surface area contributed by atoms with Gasteiger partial charge in [0.15, 0.2) is 0 Å². The molecule has 0 fully saturated rings. The SMILES string of the molecule is C[C@@H]1CN([C@H](C)CO)C(=O)c2cc(NS(C)(=O)=O)ccc2O[C@@H](C)CCCCO[C@H]1CN(C)S(=O)(=O)c1ccc(Cl)cc1. The van der Waals surface area contributed by atoms with Gasteiger partial charge in [0.2, 0.25) is 20.0 Å². The Kier molecular flexibility index (Phi) is 12.3. The average molecular weight is 660 g/mol. The maximum Gasteiger partial charge on any atom is 0.258 e. The van der Waals surface area contributed by atoms with Crippen molar-refractivity contribution in [2.45, 2.75) is 63.2 Å². The number of hydrogen-bond acceptors (Lipinski definition) is 8. The van der Waals surface area contributed by atoms with Crippen LogP contribution in [0.25, 0.3) is 0 Å². The number of nitrogens with zero attached hydrogens (tertiary/aromatic N) is 2. The van der Waals surface area contributed by atoms with Gasteiger partial charge >= 0.3 is 0 Å². The van der Waals surface area contributed by atoms with Crippen molar-refractivity contribution in [1.29, 1.82) is 0 Å². The minimum atomic E-state index is -3.85. The van der Waals surface area contributed by atoms with Crippen LogP contribution in [0, 0.1) is 5.92 Å². The molecule has 0 saturated heterocycles. The molecule has 0 unspecified atom stereocenters. The van der Waals surface area contributed by atoms with Crippen LogP contribution in [-0.2, 0) is 24.8 Å². The van der Waals surface area contributed by atoms with Gasteiger partial charge in [-0.2, -0.15) is 4.31 Å². The maximum absolute atomic E-state index is 14.1. The monoisotopic (exact) mass is 659 g/mol. The first kappa shape index (κ1) is 35.1. The molecule has 11 nitrogen and oxygen atoms in total. The van der Waals surface area contributed by atoms with Gasteiger partial charge in [0.25, 0.3) is 5.91 Å². The normalized spacial score (nSPS) is 21.9. The van der Waals surface area contributed by atoms with E-state index in [-0.39, 0.29) is 47.9 Å². The number of rotatable bonds is 8. The van der Waals surface area contributed by atoms with Crippen molar-refractivity contribution >= 4 is 43.2 Å². The molecule has 1 aliphatic rings. The highest BCUT2D eigenvalue weighted by Crippen LogP contribution is 2.29. The van der Waals surface area contributed by atoms with Crippen molar-refractivity contribution in [3.8, 4) is 5.75 Å². The second-order valence-corrected chi connectivity index (χ2v) is 15.4. The van der Waals surface area contributed by atoms with Crippen LogP contribution < -0.4 is 9.46 Å². The molecule has 2 aromatic rings. The van der Waals surface area contributed by atoms with E-state index in [9.17, 15) is 26.7 Å². The Morgan fingerprint density at radius 1 is 1.12 bits per heavy atom. The van der Waals surface area contributed by atoms with Gasteiger partial charge in [-0.1, -0.05) is 18.5 Å². The van der Waals surface area contributed by atoms with Crippen LogP contribution in [0.3, 0.4) is 0 Å². The van der Waals surface area contributed by atoms with Crippen molar-refractivity contribution < 1.29 is 36.2 Å². The molecule has 3 rings (SSSR count). The summed E-state index contributed by atoms with van der Waals surface area (Å²) in [7, 11) is -5.98. The first-order chi connectivity index (χ1) is 20.1. The summed E-state index contributed by atoms with van der Waals surface area (Å²) in [5.41, 5.74) is 0.344. The lowest BCUT2D eigenvalue weighted by Gasteiger charge is -2.35. The number of fused-ring (bicyclic) bond motifs is 1. The van der Waals surface area contributed by atoms with Crippen LogP contribution in [0.15, 0.2) is 47.4 Å². The summed E-state index contributed by atoms with van der Waals surface area (Å²) in [6, 6.07) is 9.84. The molecule has 0 aliphatic carbocycles. The van der Waals surface area contributed by atoms with Crippen molar-refractivity contribution in [3.05, 3.63) is 53.1 Å². The quantitative estimate of drug-likeness (QED) is 0.436. The lowest BCUT2D eigenvalue weighted by molar-refractivity contribution is -0.00833. The fourth-order valence-electron chi connectivity index (χ4n) is 4.80. The molecule has 0 radical (unpaired) electrons. The Morgan fingerprint density at radius 2 is 1.79 bits per heavy atom. The number of carbonyl (C=O) groups is 1. The first-order valence-electron chi connectivity index (χ1n) is 14.2. The zero-order chi connectivity index (χ0) is 31.9. The zero-order valence-electron chi connectivity index (χ0n) is 25.2. The molecule has 0 bridgehead atoms. The summed E-state index contributed by atoms with van der Waals surface area (Å²) in [4.78, 5) is 15.7. The van der Waals surface area contributed by atoms with Gasteiger partial charge in [0.05, 0.1) is 41.6 Å². The third-order valence-corrected chi connectivity index (χ3v) is 10.0. The minimum absolute atomic E-state index is 0.0280. The molecule has 0 aromatic heterocycles. The third kappa shape index (κ3) is 9.79. The van der Waals surface area contributed by atoms with Gasteiger partial charge in [-0.15, -0.1) is 0 Å². The number of anilines is 1. The van der Waals surface area contributed by atoms with Crippen molar-refractivity contribution in [2.75, 3.05) is 44.3 Å². The molecule has 240 valence electrons. The number of benzene rings is 2. The van der Waals surface area contributed by atoms with Gasteiger partial charge in [-0.3, -0.25) is 9.52 Å². The van der Waals surface area contributed by atoms with E-state index >= 15 is 0 Å². The third-order valence-electron chi connectivity index (χ3n) is 7.31. The molecule has 1 heterocycles. The number of aliphatic hydroxyl groups is 1. The minimum Gasteiger partial charge on any atom is -0.490 e. The first-order valence-corrected chi connectivity index (χ1v) is 17.9. The number of halogens is 1. The second kappa shape index (κ2) is 15.0. The predicted octanol–water partition coefficient (Wildman–Crippen LogP) is 3.83. The van der Waals surface area contributed by atoms with Gasteiger partial charge in [0, 0.05) is 43.4 Å². The van der Waals surface area contributed by atoms with Crippen molar-refractivity contribution in [2.24, 2.45) is 5.92 Å². The fourth-order valence-corrected chi connectivity index (χ4v) is 6.66. The number of carbonyl (C=O) groups excluding carboxylic acids is 1. The van der Waals surface area contributed by atoms with E-state index in [2.05, 4.69) is 4.72 Å². The number of nitrogens with one attached hydrogen (secondary N) is 1. The van der Waals surface area contributed by atoms with E-state index in [0.717, 1.165) is 12.7 Å². The fraction of sp³-hybridized carbons (Fsp3) is 0.552. The van der Waals surface area contributed by atoms with Gasteiger partial charge in [-0.05, 0) is 75.6 Å². The van der Waals surface area contributed by atoms with Crippen LogP contribution in [0.5, 0.6) is 5.75 Å². The maximum atomic E-state index is 14.1. The molecular weight excluding hydrogens is 618 g/mol. The van der Waals surface area contributed by atoms with E-state index in [4.69, 9.17) is 21.1 Å². The number of sulfonamides is 2. The molecule has 2 N–H and O–H groups in total. The predicted molar refractivity (Wildman–Crippen MR) is 167 cm³/mol. The topological polar surface area (TPSA) is 143 Å². The second-order valence-electron chi connectivity index (χ2n) is 11.1. The molecule has 1 amide bonds. The molecule has 0 saturated carbocycles. The van der Waals surface area contributed by atoms with Crippen LogP contribution in [0.2, 0.25) is 5.02 Å². The summed E-state index contributed by atoms with van der Waals surface area (Å²) in [6.07, 6.45) is 2.34. The van der Waals surface area contributed by atoms with Crippen LogP contribution in [0.1, 0.15) is 50.4 Å². The molecule has 1 aliphatic heterocycles. The Bertz CT molecular complexity index is 1450. The Labute approximate surface area is 260 Å². The van der Waals surface area contributed by atoms with Crippen LogP contribution >= 0.6 is 11.6 Å². The highest BCUT2D eigenvalue weighted by molar-refractivity contribution is 7.92. The van der Waals surface area contributed by atoms with E-state index in [1.54, 1.807) is 13.0 Å². The standard InChI is InChI=1S/C29H42ClN3O8S2/c1-20-17-33(21(2)19-34)29(35)26-16-24(31-42(5,36)37)11-14-27(26)41-22(3)8-6-7-15-40-28(20)18-32(4)43(38,39)25-12-9-23(30)10-13-25/h9-14,16,20-22,28,31,34H,6-8,15,17-19H2,1-5H3/t20-,21-,22+,28+/m1/s1. The summed E-state index contributed by atoms with van der Waals surface area (Å²) < 4.78 is 66.5. The molecular formula is C29H42ClN3O8S2. The Morgan fingerprint density at radius 3 is 2.42 bits per heavy atom. The number of hydrogen-bond donors (Lipinski definition) is 2. The summed E-state index contributed by atoms with van der Waals surface area (Å²) in [5, 5.41) is 10.5. The number of likely N-dealkylation sites (N-methyl/N-ethyl adjacent to an activating group) is 1. The highest BCUT2D eigenvalue weighted by Gasteiger charge is 2.32. The van der Waals surface area contributed by atoms with Gasteiger partial charge in [0.1, 0.15) is 5.75 Å². The number of ether oxygens (including phenoxy) is 2. The van der Waals surface area contributed by atoms with E-state index in [1.807, 2.05) is 13.8 Å². The van der Waals surface area contributed by atoms with Gasteiger partial charge in [-0.25, -0.2) is 16.8 Å². The van der Waals surface area contributed by atoms with Crippen molar-refractivity contribution in [3.63, 3.8) is 0 Å². The molecule has 43 heavy (non-hydrogen) atoms. The summed E-state index contributed by atoms with van der Waals surface area (Å²) >= 11 is 5.95. The Hall–Kier alpha value is -2.42. The van der Waals surface area contributed by atoms with E-state index in [0.29, 0.717) is 30.2 Å². The lowest BCUT2D eigenvalue weighted by Crippen LogP contribution is -2.48. The van der Waals surface area contributed by atoms with E-state index < -0.39 is 38.1 Å². The smallest absolute Gasteiger partial charge is 0.258 e. The van der Waals surface area contributed by atoms with Crippen molar-refractivity contribution in [1.82, 2.24) is 9.21 Å². The number of aliphatic hydroxyl groups excluding tert-OH is 1. The van der Waals surface area contributed by atoms with E-state index in [1.165, 1.54) is 52.7 Å². The molecule has 4 atom stereocenters. The zero-order valence-corrected chi connectivity index (χ0v) is 27.6. The summed E-state index contributed by atoms with van der Waals surface area (Å²) in [6.45, 7) is 5.66. The number of amides is 1.